The molecule has 0 saturated heterocycles. The van der Waals surface area contributed by atoms with E-state index in [1.54, 1.807) is 31.3 Å². The summed E-state index contributed by atoms with van der Waals surface area (Å²) >= 11 is 0. The van der Waals surface area contributed by atoms with E-state index in [1.807, 2.05) is 0 Å². The van der Waals surface area contributed by atoms with Crippen molar-refractivity contribution in [2.24, 2.45) is 0 Å². The van der Waals surface area contributed by atoms with E-state index in [4.69, 9.17) is 0 Å². The van der Waals surface area contributed by atoms with E-state index in [9.17, 15) is 8.42 Å². The van der Waals surface area contributed by atoms with Gasteiger partial charge in [0.05, 0.1) is 22.4 Å². The first-order valence-electron chi connectivity index (χ1n) is 2.66. The van der Waals surface area contributed by atoms with Crippen LogP contribution in [0.1, 0.15) is 0 Å². The Morgan fingerprint density at radius 1 is 0.857 bits per heavy atom. The molecule has 0 atom stereocenters. The molecule has 0 unspecified atom stereocenters. The van der Waals surface area contributed by atoms with Crippen molar-refractivity contribution in [3.8, 4) is 0 Å². The number of halogens is 2. The standard InChI is InChI=1S/C3H9OS.C3H8OS.2HI.2H2O/c2*1-5(2,3)4;;;;/h1-3H3;1H2,2-3H3;2*1H;2*1H2/q+1;;;;;/p-1. The molecule has 0 fully saturated rings. The van der Waals surface area contributed by atoms with Crippen LogP contribution in [-0.2, 0) is 33.8 Å². The second-order valence-corrected chi connectivity index (χ2v) is 9.48. The van der Waals surface area contributed by atoms with Crippen molar-refractivity contribution in [2.75, 3.05) is 31.3 Å². The molecule has 5 N–H and O–H groups in total. The number of rotatable bonds is 0. The SMILES string of the molecule is C[S+](C)(C)=O.O.[CH2-][S+](C)(C)=O.[I-].[I-].[OH3+]. The predicted molar refractivity (Wildman–Crippen MR) is 59.6 cm³/mol. The van der Waals surface area contributed by atoms with Crippen molar-refractivity contribution in [3.05, 3.63) is 6.26 Å². The molecule has 96 valence electrons. The average molecular weight is 476 g/mol. The van der Waals surface area contributed by atoms with Crippen LogP contribution in [0.15, 0.2) is 0 Å². The van der Waals surface area contributed by atoms with Gasteiger partial charge in [0.15, 0.2) is 0 Å². The molecule has 0 aliphatic rings. The van der Waals surface area contributed by atoms with Crippen molar-refractivity contribution in [1.29, 1.82) is 0 Å². The summed E-state index contributed by atoms with van der Waals surface area (Å²) in [6.07, 6.45) is 11.7. The lowest BCUT2D eigenvalue weighted by Gasteiger charge is -1.90. The molecule has 0 spiro atoms. The molecule has 0 bridgehead atoms. The van der Waals surface area contributed by atoms with E-state index in [0.29, 0.717) is 0 Å². The quantitative estimate of drug-likeness (QED) is 0.197. The topological polar surface area (TPSA) is 98.6 Å². The Balaban J connectivity index is -0.0000000178. The molecule has 0 aliphatic heterocycles. The van der Waals surface area contributed by atoms with Gasteiger partial charge in [-0.25, -0.2) is 0 Å². The maximum atomic E-state index is 10.2. The van der Waals surface area contributed by atoms with Crippen LogP contribution in [0.25, 0.3) is 0 Å². The Labute approximate surface area is 124 Å². The fourth-order valence-electron chi connectivity index (χ4n) is 0. The summed E-state index contributed by atoms with van der Waals surface area (Å²) in [5.41, 5.74) is 0. The Morgan fingerprint density at radius 2 is 0.857 bits per heavy atom. The zero-order valence-electron chi connectivity index (χ0n) is 9.17. The molecule has 0 rings (SSSR count). The summed E-state index contributed by atoms with van der Waals surface area (Å²) in [6.45, 7) is 0. The molecule has 0 heterocycles. The molecule has 4 nitrogen and oxygen atoms in total. The van der Waals surface area contributed by atoms with Gasteiger partial charge < -0.3 is 58.9 Å². The maximum absolute atomic E-state index is 10.2. The van der Waals surface area contributed by atoms with Gasteiger partial charge in [0.2, 0.25) is 0 Å². The molecule has 8 heteroatoms. The summed E-state index contributed by atoms with van der Waals surface area (Å²) in [7, 11) is -3.08. The molecule has 0 aromatic heterocycles. The first kappa shape index (κ1) is 36.1. The lowest BCUT2D eigenvalue weighted by atomic mass is 11.9. The van der Waals surface area contributed by atoms with Gasteiger partial charge in [0.25, 0.3) is 0 Å². The Morgan fingerprint density at radius 3 is 0.857 bits per heavy atom. The highest BCUT2D eigenvalue weighted by Gasteiger charge is 1.95. The first-order valence-corrected chi connectivity index (χ1v) is 7.99. The normalized spacial score (nSPS) is 8.43. The van der Waals surface area contributed by atoms with Gasteiger partial charge in [0.1, 0.15) is 18.8 Å². The van der Waals surface area contributed by atoms with Crippen molar-refractivity contribution in [3.63, 3.8) is 0 Å². The summed E-state index contributed by atoms with van der Waals surface area (Å²) in [5.74, 6) is 0. The highest BCUT2D eigenvalue weighted by molar-refractivity contribution is 8.02. The van der Waals surface area contributed by atoms with Gasteiger partial charge in [-0.2, -0.15) is 0 Å². The third-order valence-electron chi connectivity index (χ3n) is 0. The van der Waals surface area contributed by atoms with Gasteiger partial charge in [-0.3, -0.25) is 0 Å². The van der Waals surface area contributed by atoms with Crippen molar-refractivity contribution in [2.45, 2.75) is 0 Å². The number of hydrogen-bond acceptors (Lipinski definition) is 2. The van der Waals surface area contributed by atoms with Crippen LogP contribution in [0.3, 0.4) is 0 Å². The third kappa shape index (κ3) is 779. The van der Waals surface area contributed by atoms with Crippen LogP contribution in [0.4, 0.5) is 0 Å². The zero-order valence-corrected chi connectivity index (χ0v) is 15.1. The van der Waals surface area contributed by atoms with Gasteiger partial charge in [0, 0.05) is 0 Å². The second-order valence-electron chi connectivity index (χ2n) is 3.16. The van der Waals surface area contributed by atoms with Gasteiger partial charge in [-0.15, -0.1) is 14.7 Å². The Kier molecular flexibility index (Phi) is 37.8. The number of hydrogen-bond donors (Lipinski definition) is 0. The summed E-state index contributed by atoms with van der Waals surface area (Å²) < 4.78 is 20.3. The highest BCUT2D eigenvalue weighted by Crippen LogP contribution is 1.82. The Bertz CT molecular complexity index is 138. The van der Waals surface area contributed by atoms with E-state index in [1.165, 1.54) is 0 Å². The summed E-state index contributed by atoms with van der Waals surface area (Å²) in [5, 5.41) is 0. The molecule has 14 heavy (non-hydrogen) atoms. The van der Waals surface area contributed by atoms with E-state index in [2.05, 4.69) is 6.26 Å². The van der Waals surface area contributed by atoms with Crippen LogP contribution in [0, 0.1) is 6.26 Å². The lowest BCUT2D eigenvalue weighted by Crippen LogP contribution is -3.00. The van der Waals surface area contributed by atoms with Crippen LogP contribution >= 0.6 is 0 Å². The molecule has 0 aromatic carbocycles. The summed E-state index contributed by atoms with van der Waals surface area (Å²) in [6, 6.07) is 0. The average Bonchev–Trinajstić information content (AvgIpc) is 1.12. The zero-order chi connectivity index (χ0) is 9.00. The minimum absolute atomic E-state index is 0. The lowest BCUT2D eigenvalue weighted by molar-refractivity contribution is -0.00100. The van der Waals surface area contributed by atoms with E-state index in [0.717, 1.165) is 0 Å². The van der Waals surface area contributed by atoms with Crippen LogP contribution < -0.4 is 48.0 Å². The van der Waals surface area contributed by atoms with Crippen molar-refractivity contribution >= 4 is 19.9 Å². The minimum atomic E-state index is -1.67. The molecule has 0 saturated carbocycles. The largest absolute Gasteiger partial charge is 1.00 e. The molecular weight excluding hydrogens is 454 g/mol. The fourth-order valence-corrected chi connectivity index (χ4v) is 0. The smallest absolute Gasteiger partial charge is 0.101 e. The van der Waals surface area contributed by atoms with Crippen molar-refractivity contribution < 1.29 is 67.3 Å². The molecule has 0 radical (unpaired) electrons. The molecular formula is C6H22I2O4S2. The van der Waals surface area contributed by atoms with E-state index < -0.39 is 19.9 Å². The molecule has 0 aromatic rings. The minimum Gasteiger partial charge on any atom is -1.00 e. The van der Waals surface area contributed by atoms with Gasteiger partial charge in [-0.05, 0) is 0 Å². The summed E-state index contributed by atoms with van der Waals surface area (Å²) in [4.78, 5) is 0. The fraction of sp³-hybridized carbons (Fsp3) is 0.833. The molecule has 0 amide bonds. The van der Waals surface area contributed by atoms with Crippen LogP contribution in [0.5, 0.6) is 0 Å². The van der Waals surface area contributed by atoms with Crippen molar-refractivity contribution in [1.82, 2.24) is 0 Å². The highest BCUT2D eigenvalue weighted by atomic mass is 127. The van der Waals surface area contributed by atoms with Crippen LogP contribution in [0.2, 0.25) is 0 Å². The molecule has 0 aliphatic carbocycles. The van der Waals surface area contributed by atoms with E-state index >= 15 is 0 Å². The third-order valence-corrected chi connectivity index (χ3v) is 0. The van der Waals surface area contributed by atoms with Gasteiger partial charge >= 0.3 is 0 Å². The maximum Gasteiger partial charge on any atom is 0.101 e. The Hall–Kier alpha value is 1.68. The second kappa shape index (κ2) is 14.7. The van der Waals surface area contributed by atoms with Gasteiger partial charge in [-0.1, -0.05) is 9.93 Å². The first-order chi connectivity index (χ1) is 4.00. The predicted octanol–water partition coefficient (Wildman–Crippen LogP) is -6.83. The van der Waals surface area contributed by atoms with E-state index in [-0.39, 0.29) is 58.9 Å². The van der Waals surface area contributed by atoms with Crippen LogP contribution in [-0.4, -0.2) is 36.8 Å². The monoisotopic (exact) mass is 476 g/mol.